The van der Waals surface area contributed by atoms with Gasteiger partial charge in [-0.25, -0.2) is 0 Å². The number of esters is 1. The average molecular weight is 406 g/mol. The van der Waals surface area contributed by atoms with Gasteiger partial charge in [0, 0.05) is 18.6 Å². The number of halogens is 1. The third-order valence-electron chi connectivity index (χ3n) is 5.28. The van der Waals surface area contributed by atoms with E-state index in [0.717, 1.165) is 49.0 Å². The van der Waals surface area contributed by atoms with E-state index in [1.165, 1.54) is 5.56 Å². The van der Waals surface area contributed by atoms with Gasteiger partial charge in [-0.2, -0.15) is 0 Å². The molecular formula is C22H32ClN3O2. The number of rotatable bonds is 11. The van der Waals surface area contributed by atoms with Crippen LogP contribution in [0.2, 0.25) is 0 Å². The first-order chi connectivity index (χ1) is 13.5. The van der Waals surface area contributed by atoms with Gasteiger partial charge in [-0.15, -0.1) is 16.7 Å². The molecule has 2 atom stereocenters. The second-order valence-electron chi connectivity index (χ2n) is 7.34. The lowest BCUT2D eigenvalue weighted by Gasteiger charge is -2.24. The van der Waals surface area contributed by atoms with E-state index in [2.05, 4.69) is 42.4 Å². The highest BCUT2D eigenvalue weighted by atomic mass is 35.5. The molecule has 1 aromatic heterocycles. The first-order valence-corrected chi connectivity index (χ1v) is 10.7. The van der Waals surface area contributed by atoms with E-state index in [1.807, 2.05) is 24.7 Å². The molecule has 1 heterocycles. The van der Waals surface area contributed by atoms with Crippen LogP contribution in [0.5, 0.6) is 0 Å². The van der Waals surface area contributed by atoms with Crippen molar-refractivity contribution in [3.8, 4) is 0 Å². The van der Waals surface area contributed by atoms with Gasteiger partial charge in [0.25, 0.3) is 0 Å². The molecule has 5 nitrogen and oxygen atoms in total. The Bertz CT molecular complexity index is 760. The summed E-state index contributed by atoms with van der Waals surface area (Å²) in [6, 6.07) is 6.32. The Morgan fingerprint density at radius 3 is 2.75 bits per heavy atom. The Hall–Kier alpha value is -1.88. The fourth-order valence-corrected chi connectivity index (χ4v) is 3.58. The van der Waals surface area contributed by atoms with Crippen molar-refractivity contribution >= 4 is 17.6 Å². The molecule has 0 spiro atoms. The van der Waals surface area contributed by atoms with E-state index in [9.17, 15) is 4.79 Å². The SMILES string of the molecule is CCCCOC(=O)C(C)C(CCc1cn(CC)nn1)c1ccc(C)c(CCl)c1. The third-order valence-corrected chi connectivity index (χ3v) is 5.57. The topological polar surface area (TPSA) is 57.0 Å². The summed E-state index contributed by atoms with van der Waals surface area (Å²) >= 11 is 6.11. The maximum Gasteiger partial charge on any atom is 0.309 e. The number of carbonyl (C=O) groups excluding carboxylic acids is 1. The standard InChI is InChI=1S/C22H32ClN3O2/c1-5-7-12-28-22(27)17(4)21(11-10-20-15-26(6-2)25-24-20)18-9-8-16(3)19(13-18)14-23/h8-9,13,15,17,21H,5-7,10-12,14H2,1-4H3. The lowest BCUT2D eigenvalue weighted by atomic mass is 9.82. The van der Waals surface area contributed by atoms with Crippen molar-refractivity contribution in [3.63, 3.8) is 0 Å². The molecule has 2 aromatic rings. The minimum absolute atomic E-state index is 0.0449. The summed E-state index contributed by atoms with van der Waals surface area (Å²) in [5.41, 5.74) is 4.35. The van der Waals surface area contributed by atoms with Crippen LogP contribution in [0.1, 0.15) is 68.3 Å². The Kier molecular flexibility index (Phi) is 8.97. The van der Waals surface area contributed by atoms with Crippen molar-refractivity contribution in [2.45, 2.75) is 71.7 Å². The molecule has 0 N–H and O–H groups in total. The van der Waals surface area contributed by atoms with E-state index in [0.29, 0.717) is 12.5 Å². The summed E-state index contributed by atoms with van der Waals surface area (Å²) < 4.78 is 7.33. The third kappa shape index (κ3) is 6.06. The monoisotopic (exact) mass is 405 g/mol. The van der Waals surface area contributed by atoms with E-state index < -0.39 is 0 Å². The zero-order valence-electron chi connectivity index (χ0n) is 17.4. The molecule has 2 rings (SSSR count). The minimum atomic E-state index is -0.232. The number of carbonyl (C=O) groups is 1. The van der Waals surface area contributed by atoms with Crippen LogP contribution < -0.4 is 0 Å². The quantitative estimate of drug-likeness (QED) is 0.298. The zero-order chi connectivity index (χ0) is 20.5. The zero-order valence-corrected chi connectivity index (χ0v) is 18.2. The highest BCUT2D eigenvalue weighted by Gasteiger charge is 2.27. The lowest BCUT2D eigenvalue weighted by molar-refractivity contribution is -0.148. The number of aromatic nitrogens is 3. The van der Waals surface area contributed by atoms with E-state index in [4.69, 9.17) is 16.3 Å². The number of nitrogens with zero attached hydrogens (tertiary/aromatic N) is 3. The van der Waals surface area contributed by atoms with Gasteiger partial charge in [0.05, 0.1) is 18.2 Å². The van der Waals surface area contributed by atoms with Gasteiger partial charge in [0.2, 0.25) is 0 Å². The first-order valence-electron chi connectivity index (χ1n) is 10.2. The molecule has 0 amide bonds. The molecule has 6 heteroatoms. The van der Waals surface area contributed by atoms with Gasteiger partial charge >= 0.3 is 5.97 Å². The Balaban J connectivity index is 2.19. The van der Waals surface area contributed by atoms with Gasteiger partial charge < -0.3 is 4.74 Å². The van der Waals surface area contributed by atoms with Crippen molar-refractivity contribution in [2.24, 2.45) is 5.92 Å². The van der Waals surface area contributed by atoms with Gasteiger partial charge in [-0.1, -0.05) is 43.7 Å². The number of unbranched alkanes of at least 4 members (excludes halogenated alkanes) is 1. The van der Waals surface area contributed by atoms with Gasteiger partial charge in [-0.3, -0.25) is 9.48 Å². The Morgan fingerprint density at radius 1 is 1.32 bits per heavy atom. The van der Waals surface area contributed by atoms with Gasteiger partial charge in [0.15, 0.2) is 0 Å². The highest BCUT2D eigenvalue weighted by molar-refractivity contribution is 6.17. The predicted octanol–water partition coefficient (Wildman–Crippen LogP) is 5.04. The molecule has 28 heavy (non-hydrogen) atoms. The normalized spacial score (nSPS) is 13.3. The molecule has 1 aromatic carbocycles. The molecule has 0 aliphatic rings. The number of hydrogen-bond acceptors (Lipinski definition) is 4. The summed E-state index contributed by atoms with van der Waals surface area (Å²) in [5.74, 6) is 0.142. The van der Waals surface area contributed by atoms with Crippen LogP contribution in [0.15, 0.2) is 24.4 Å². The molecule has 0 aliphatic carbocycles. The summed E-state index contributed by atoms with van der Waals surface area (Å²) in [6.07, 6.45) is 5.44. The maximum absolute atomic E-state index is 12.6. The molecule has 0 saturated heterocycles. The van der Waals surface area contributed by atoms with Crippen LogP contribution in [0.3, 0.4) is 0 Å². The summed E-state index contributed by atoms with van der Waals surface area (Å²) in [4.78, 5) is 12.6. The fourth-order valence-electron chi connectivity index (χ4n) is 3.30. The number of aryl methyl sites for hydroxylation is 3. The van der Waals surface area contributed by atoms with Crippen molar-refractivity contribution in [1.29, 1.82) is 0 Å². The predicted molar refractivity (Wildman–Crippen MR) is 113 cm³/mol. The molecular weight excluding hydrogens is 374 g/mol. The number of alkyl halides is 1. The number of benzene rings is 1. The van der Waals surface area contributed by atoms with E-state index >= 15 is 0 Å². The van der Waals surface area contributed by atoms with Crippen LogP contribution >= 0.6 is 11.6 Å². The Labute approximate surface area is 173 Å². The molecule has 0 aliphatic heterocycles. The van der Waals surface area contributed by atoms with Crippen LogP contribution in [0, 0.1) is 12.8 Å². The van der Waals surface area contributed by atoms with Crippen LogP contribution in [0.25, 0.3) is 0 Å². The van der Waals surface area contributed by atoms with Crippen molar-refractivity contribution in [1.82, 2.24) is 15.0 Å². The lowest BCUT2D eigenvalue weighted by Crippen LogP contribution is -2.23. The molecule has 0 saturated carbocycles. The largest absolute Gasteiger partial charge is 0.465 e. The number of ether oxygens (including phenoxy) is 1. The second-order valence-corrected chi connectivity index (χ2v) is 7.61. The molecule has 0 fully saturated rings. The maximum atomic E-state index is 12.6. The average Bonchev–Trinajstić information content (AvgIpc) is 3.17. The minimum Gasteiger partial charge on any atom is -0.465 e. The summed E-state index contributed by atoms with van der Waals surface area (Å²) in [5, 5.41) is 8.35. The molecule has 154 valence electrons. The van der Waals surface area contributed by atoms with Gasteiger partial charge in [0.1, 0.15) is 0 Å². The fraction of sp³-hybridized carbons (Fsp3) is 0.591. The second kappa shape index (κ2) is 11.2. The first kappa shape index (κ1) is 22.4. The van der Waals surface area contributed by atoms with Crippen LogP contribution in [0.4, 0.5) is 0 Å². The number of hydrogen-bond donors (Lipinski definition) is 0. The summed E-state index contributed by atoms with van der Waals surface area (Å²) in [6.45, 7) is 9.43. The van der Waals surface area contributed by atoms with Gasteiger partial charge in [-0.05, 0) is 55.7 Å². The van der Waals surface area contributed by atoms with Crippen molar-refractivity contribution in [2.75, 3.05) is 6.61 Å². The highest BCUT2D eigenvalue weighted by Crippen LogP contribution is 2.32. The molecule has 0 radical (unpaired) electrons. The van der Waals surface area contributed by atoms with Crippen molar-refractivity contribution in [3.05, 3.63) is 46.8 Å². The smallest absolute Gasteiger partial charge is 0.309 e. The van der Waals surface area contributed by atoms with Crippen LogP contribution in [-0.4, -0.2) is 27.6 Å². The molecule has 0 bridgehead atoms. The van der Waals surface area contributed by atoms with E-state index in [1.54, 1.807) is 0 Å². The molecule has 2 unspecified atom stereocenters. The van der Waals surface area contributed by atoms with Crippen LogP contribution in [-0.2, 0) is 28.4 Å². The van der Waals surface area contributed by atoms with Crippen molar-refractivity contribution < 1.29 is 9.53 Å². The Morgan fingerprint density at radius 2 is 2.11 bits per heavy atom. The van der Waals surface area contributed by atoms with E-state index in [-0.39, 0.29) is 17.8 Å². The summed E-state index contributed by atoms with van der Waals surface area (Å²) in [7, 11) is 0.